The van der Waals surface area contributed by atoms with Crippen molar-refractivity contribution in [2.45, 2.75) is 41.0 Å². The molecule has 0 aromatic heterocycles. The molecule has 0 bridgehead atoms. The van der Waals surface area contributed by atoms with Gasteiger partial charge in [0.05, 0.1) is 6.61 Å². The van der Waals surface area contributed by atoms with Gasteiger partial charge in [0, 0.05) is 0 Å². The Morgan fingerprint density at radius 3 is 2.22 bits per heavy atom. The molecule has 1 nitrogen and oxygen atoms in total. The zero-order chi connectivity index (χ0) is 12.7. The van der Waals surface area contributed by atoms with Crippen LogP contribution in [-0.2, 0) is 6.42 Å². The van der Waals surface area contributed by atoms with E-state index in [0.717, 1.165) is 25.2 Å². The molecule has 0 spiro atoms. The molecule has 0 unspecified atom stereocenters. The molecule has 104 valence electrons. The molecule has 1 aromatic rings. The highest BCUT2D eigenvalue weighted by Gasteiger charge is 2.10. The average molecular weight is 268 g/mol. The summed E-state index contributed by atoms with van der Waals surface area (Å²) in [7, 11) is 0. The van der Waals surface area contributed by atoms with E-state index in [-0.39, 0.29) is 7.43 Å². The first-order chi connectivity index (χ1) is 8.01. The Morgan fingerprint density at radius 1 is 1.11 bits per heavy atom. The van der Waals surface area contributed by atoms with Crippen LogP contribution in [0, 0.1) is 5.41 Å². The van der Waals surface area contributed by atoms with Crippen LogP contribution in [-0.4, -0.2) is 18.6 Å². The molecule has 1 rings (SSSR count). The fourth-order valence-corrected chi connectivity index (χ4v) is 2.12. The third-order valence-electron chi connectivity index (χ3n) is 2.42. The smallest absolute Gasteiger partial charge is 0.119 e. The van der Waals surface area contributed by atoms with Crippen LogP contribution >= 0.6 is 11.8 Å². The lowest BCUT2D eigenvalue weighted by Crippen LogP contribution is -2.08. The molecule has 2 heteroatoms. The molecule has 0 amide bonds. The van der Waals surface area contributed by atoms with Crippen LogP contribution in [0.1, 0.15) is 40.2 Å². The van der Waals surface area contributed by atoms with Gasteiger partial charge in [0.1, 0.15) is 5.75 Å². The normalized spacial score (nSPS) is 10.9. The summed E-state index contributed by atoms with van der Waals surface area (Å²) >= 11 is 1.87. The summed E-state index contributed by atoms with van der Waals surface area (Å²) in [6.07, 6.45) is 4.35. The lowest BCUT2D eigenvalue weighted by molar-refractivity contribution is 0.318. The molecule has 0 heterocycles. The van der Waals surface area contributed by atoms with Crippen LogP contribution in [0.2, 0.25) is 0 Å². The minimum Gasteiger partial charge on any atom is -0.494 e. The number of rotatable bonds is 6. The molecule has 0 aliphatic carbocycles. The lowest BCUT2D eigenvalue weighted by Gasteiger charge is -2.18. The summed E-state index contributed by atoms with van der Waals surface area (Å²) < 4.78 is 5.68. The van der Waals surface area contributed by atoms with E-state index in [1.165, 1.54) is 11.3 Å². The first-order valence-corrected chi connectivity index (χ1v) is 7.61. The predicted octanol–water partition coefficient (Wildman–Crippen LogP) is 5.04. The minimum absolute atomic E-state index is 0. The van der Waals surface area contributed by atoms with Gasteiger partial charge in [-0.2, -0.15) is 11.8 Å². The molecule has 0 fully saturated rings. The summed E-state index contributed by atoms with van der Waals surface area (Å²) in [5.74, 6) is 2.16. The third-order valence-corrected chi connectivity index (χ3v) is 3.12. The van der Waals surface area contributed by atoms with Crippen LogP contribution in [0.5, 0.6) is 5.75 Å². The van der Waals surface area contributed by atoms with Crippen molar-refractivity contribution in [1.82, 2.24) is 0 Å². The van der Waals surface area contributed by atoms with E-state index < -0.39 is 0 Å². The average Bonchev–Trinajstić information content (AvgIpc) is 2.25. The van der Waals surface area contributed by atoms with Crippen LogP contribution < -0.4 is 4.74 Å². The molecule has 1 aromatic carbocycles. The summed E-state index contributed by atoms with van der Waals surface area (Å²) in [4.78, 5) is 0. The summed E-state index contributed by atoms with van der Waals surface area (Å²) in [6.45, 7) is 7.61. The Kier molecular flexibility index (Phi) is 8.17. The predicted molar refractivity (Wildman–Crippen MR) is 84.8 cm³/mol. The SMILES string of the molecule is C.CSCCCOc1ccc(CC(C)(C)C)cc1. The largest absolute Gasteiger partial charge is 0.494 e. The molecule has 18 heavy (non-hydrogen) atoms. The molecule has 0 saturated heterocycles. The van der Waals surface area contributed by atoms with Crippen molar-refractivity contribution in [2.24, 2.45) is 5.41 Å². The molecule has 0 aliphatic rings. The van der Waals surface area contributed by atoms with Gasteiger partial charge in [-0.1, -0.05) is 40.3 Å². The van der Waals surface area contributed by atoms with Gasteiger partial charge in [-0.3, -0.25) is 0 Å². The quantitative estimate of drug-likeness (QED) is 0.668. The highest BCUT2D eigenvalue weighted by atomic mass is 32.2. The monoisotopic (exact) mass is 268 g/mol. The molecular weight excluding hydrogens is 240 g/mol. The van der Waals surface area contributed by atoms with Crippen LogP contribution in [0.25, 0.3) is 0 Å². The van der Waals surface area contributed by atoms with E-state index in [9.17, 15) is 0 Å². The van der Waals surface area contributed by atoms with Gasteiger partial charge in [-0.05, 0) is 48.0 Å². The number of hydrogen-bond acceptors (Lipinski definition) is 2. The van der Waals surface area contributed by atoms with Gasteiger partial charge < -0.3 is 4.74 Å². The molecule has 0 aliphatic heterocycles. The Morgan fingerprint density at radius 2 is 1.72 bits per heavy atom. The second-order valence-corrected chi connectivity index (χ2v) is 6.56. The van der Waals surface area contributed by atoms with E-state index in [2.05, 4.69) is 51.3 Å². The van der Waals surface area contributed by atoms with Crippen molar-refractivity contribution < 1.29 is 4.74 Å². The zero-order valence-electron chi connectivity index (χ0n) is 11.5. The maximum Gasteiger partial charge on any atom is 0.119 e. The van der Waals surface area contributed by atoms with Gasteiger partial charge in [0.25, 0.3) is 0 Å². The van der Waals surface area contributed by atoms with Crippen molar-refractivity contribution in [3.05, 3.63) is 29.8 Å². The Bertz CT molecular complexity index is 311. The Balaban J connectivity index is 0.00000289. The standard InChI is InChI=1S/C15H24OS.CH4/c1-15(2,3)12-13-6-8-14(9-7-13)16-10-5-11-17-4;/h6-9H,5,10-12H2,1-4H3;1H4. The third kappa shape index (κ3) is 7.65. The Labute approximate surface area is 117 Å². The molecule has 0 atom stereocenters. The van der Waals surface area contributed by atoms with Crippen molar-refractivity contribution in [2.75, 3.05) is 18.6 Å². The van der Waals surface area contributed by atoms with E-state index in [1.807, 2.05) is 11.8 Å². The molecule has 0 radical (unpaired) electrons. The van der Waals surface area contributed by atoms with Gasteiger partial charge >= 0.3 is 0 Å². The maximum atomic E-state index is 5.68. The van der Waals surface area contributed by atoms with Crippen molar-refractivity contribution in [3.63, 3.8) is 0 Å². The van der Waals surface area contributed by atoms with Gasteiger partial charge in [0.2, 0.25) is 0 Å². The maximum absolute atomic E-state index is 5.68. The van der Waals surface area contributed by atoms with E-state index in [0.29, 0.717) is 5.41 Å². The van der Waals surface area contributed by atoms with E-state index >= 15 is 0 Å². The summed E-state index contributed by atoms with van der Waals surface area (Å²) in [5, 5.41) is 0. The summed E-state index contributed by atoms with van der Waals surface area (Å²) in [5.41, 5.74) is 1.73. The zero-order valence-corrected chi connectivity index (χ0v) is 12.3. The van der Waals surface area contributed by atoms with E-state index in [4.69, 9.17) is 4.74 Å². The number of hydrogen-bond donors (Lipinski definition) is 0. The second kappa shape index (κ2) is 8.47. The van der Waals surface area contributed by atoms with Gasteiger partial charge in [0.15, 0.2) is 0 Å². The van der Waals surface area contributed by atoms with Crippen LogP contribution in [0.4, 0.5) is 0 Å². The van der Waals surface area contributed by atoms with Crippen molar-refractivity contribution >= 4 is 11.8 Å². The fourth-order valence-electron chi connectivity index (χ4n) is 1.71. The lowest BCUT2D eigenvalue weighted by atomic mass is 9.88. The number of benzene rings is 1. The minimum atomic E-state index is 0. The fraction of sp³-hybridized carbons (Fsp3) is 0.625. The van der Waals surface area contributed by atoms with Crippen molar-refractivity contribution in [1.29, 1.82) is 0 Å². The number of thioether (sulfide) groups is 1. The highest BCUT2D eigenvalue weighted by molar-refractivity contribution is 7.98. The van der Waals surface area contributed by atoms with Gasteiger partial charge in [-0.15, -0.1) is 0 Å². The van der Waals surface area contributed by atoms with E-state index in [1.54, 1.807) is 0 Å². The van der Waals surface area contributed by atoms with Crippen LogP contribution in [0.15, 0.2) is 24.3 Å². The molecule has 0 saturated carbocycles. The van der Waals surface area contributed by atoms with Crippen LogP contribution in [0.3, 0.4) is 0 Å². The van der Waals surface area contributed by atoms with Crippen molar-refractivity contribution in [3.8, 4) is 5.75 Å². The number of ether oxygens (including phenoxy) is 1. The Hall–Kier alpha value is -0.630. The highest BCUT2D eigenvalue weighted by Crippen LogP contribution is 2.22. The summed E-state index contributed by atoms with van der Waals surface area (Å²) in [6, 6.07) is 8.52. The molecular formula is C16H28OS. The second-order valence-electron chi connectivity index (χ2n) is 5.58. The van der Waals surface area contributed by atoms with Gasteiger partial charge in [-0.25, -0.2) is 0 Å². The first kappa shape index (κ1) is 17.4. The first-order valence-electron chi connectivity index (χ1n) is 6.22. The topological polar surface area (TPSA) is 9.23 Å². The molecule has 0 N–H and O–H groups in total.